The van der Waals surface area contributed by atoms with E-state index >= 15 is 0 Å². The molecule has 2 rings (SSSR count). The number of amides is 1. The zero-order chi connectivity index (χ0) is 14.8. The molecule has 3 heteroatoms. The Labute approximate surface area is 124 Å². The van der Waals surface area contributed by atoms with Crippen molar-refractivity contribution in [1.29, 1.82) is 0 Å². The minimum atomic E-state index is -0.257. The molecular formula is C17H32N2O. The quantitative estimate of drug-likeness (QED) is 0.842. The molecule has 2 fully saturated rings. The number of carbonyl (C=O) groups is 1. The Balaban J connectivity index is 1.92. The Bertz CT molecular complexity index is 328. The van der Waals surface area contributed by atoms with E-state index in [2.05, 4.69) is 17.1 Å². The van der Waals surface area contributed by atoms with E-state index in [1.165, 1.54) is 38.5 Å². The summed E-state index contributed by atoms with van der Waals surface area (Å²) in [5, 5.41) is 3.83. The Morgan fingerprint density at radius 1 is 1.05 bits per heavy atom. The van der Waals surface area contributed by atoms with Gasteiger partial charge >= 0.3 is 0 Å². The van der Waals surface area contributed by atoms with Crippen LogP contribution in [0.15, 0.2) is 0 Å². The number of nitrogens with zero attached hydrogens (tertiary/aromatic N) is 1. The fourth-order valence-electron chi connectivity index (χ4n) is 3.72. The van der Waals surface area contributed by atoms with E-state index in [1.54, 1.807) is 0 Å². The molecule has 0 spiro atoms. The molecule has 1 heterocycles. The third-order valence-corrected chi connectivity index (χ3v) is 4.67. The maximum atomic E-state index is 12.5. The first-order valence-corrected chi connectivity index (χ1v) is 8.41. The van der Waals surface area contributed by atoms with Crippen molar-refractivity contribution in [3.8, 4) is 0 Å². The largest absolute Gasteiger partial charge is 0.340 e. The first-order chi connectivity index (χ1) is 9.36. The summed E-state index contributed by atoms with van der Waals surface area (Å²) in [5.74, 6) is 0.913. The van der Waals surface area contributed by atoms with E-state index in [0.29, 0.717) is 23.9 Å². The summed E-state index contributed by atoms with van der Waals surface area (Å²) in [6, 6.07) is 1.18. The maximum Gasteiger partial charge on any atom is 0.228 e. The molecule has 1 aliphatic heterocycles. The molecule has 1 amide bonds. The van der Waals surface area contributed by atoms with Gasteiger partial charge in [-0.3, -0.25) is 4.79 Å². The van der Waals surface area contributed by atoms with Crippen molar-refractivity contribution >= 4 is 5.91 Å². The minimum Gasteiger partial charge on any atom is -0.340 e. The van der Waals surface area contributed by atoms with E-state index in [-0.39, 0.29) is 5.41 Å². The molecule has 3 nitrogen and oxygen atoms in total. The SMILES string of the molecule is CC1CC(NC2CCCCC2)CN(C(=O)C(C)(C)C)C1. The lowest BCUT2D eigenvalue weighted by Gasteiger charge is -2.41. The van der Waals surface area contributed by atoms with Crippen LogP contribution in [0.3, 0.4) is 0 Å². The average Bonchev–Trinajstić information content (AvgIpc) is 2.37. The number of hydrogen-bond acceptors (Lipinski definition) is 2. The average molecular weight is 280 g/mol. The highest BCUT2D eigenvalue weighted by Gasteiger charge is 2.34. The lowest BCUT2D eigenvalue weighted by molar-refractivity contribution is -0.141. The number of piperidine rings is 1. The molecule has 2 aliphatic rings. The fraction of sp³-hybridized carbons (Fsp3) is 0.941. The molecule has 1 N–H and O–H groups in total. The predicted octanol–water partition coefficient (Wildman–Crippen LogP) is 3.19. The Morgan fingerprint density at radius 3 is 2.30 bits per heavy atom. The summed E-state index contributed by atoms with van der Waals surface area (Å²) in [5.41, 5.74) is -0.257. The van der Waals surface area contributed by atoms with Gasteiger partial charge in [0.1, 0.15) is 0 Å². The van der Waals surface area contributed by atoms with Gasteiger partial charge in [-0.25, -0.2) is 0 Å². The van der Waals surface area contributed by atoms with Crippen LogP contribution in [0.4, 0.5) is 0 Å². The number of hydrogen-bond donors (Lipinski definition) is 1. The van der Waals surface area contributed by atoms with E-state index in [0.717, 1.165) is 13.1 Å². The standard InChI is InChI=1S/C17H32N2O/c1-13-10-15(18-14-8-6-5-7-9-14)12-19(11-13)16(20)17(2,3)4/h13-15,18H,5-12H2,1-4H3. The molecule has 1 saturated heterocycles. The van der Waals surface area contributed by atoms with Crippen LogP contribution < -0.4 is 5.32 Å². The van der Waals surface area contributed by atoms with Crippen LogP contribution in [0.1, 0.15) is 66.2 Å². The monoisotopic (exact) mass is 280 g/mol. The number of nitrogens with one attached hydrogen (secondary N) is 1. The van der Waals surface area contributed by atoms with Crippen molar-refractivity contribution in [2.75, 3.05) is 13.1 Å². The molecule has 1 saturated carbocycles. The molecule has 0 aromatic carbocycles. The third kappa shape index (κ3) is 4.21. The summed E-state index contributed by atoms with van der Waals surface area (Å²) in [7, 11) is 0. The summed E-state index contributed by atoms with van der Waals surface area (Å²) < 4.78 is 0. The zero-order valence-corrected chi connectivity index (χ0v) is 13.7. The topological polar surface area (TPSA) is 32.3 Å². The lowest BCUT2D eigenvalue weighted by atomic mass is 9.89. The summed E-state index contributed by atoms with van der Waals surface area (Å²) in [4.78, 5) is 14.6. The van der Waals surface area contributed by atoms with Gasteiger partial charge in [0.25, 0.3) is 0 Å². The molecule has 0 aromatic rings. The van der Waals surface area contributed by atoms with Gasteiger partial charge in [-0.1, -0.05) is 47.0 Å². The zero-order valence-electron chi connectivity index (χ0n) is 13.7. The normalized spacial score (nSPS) is 29.5. The smallest absolute Gasteiger partial charge is 0.228 e. The lowest BCUT2D eigenvalue weighted by Crippen LogP contribution is -2.55. The molecule has 20 heavy (non-hydrogen) atoms. The van der Waals surface area contributed by atoms with E-state index in [1.807, 2.05) is 20.8 Å². The predicted molar refractivity (Wildman–Crippen MR) is 83.6 cm³/mol. The second-order valence-electron chi connectivity index (χ2n) is 8.00. The molecule has 2 unspecified atom stereocenters. The van der Waals surface area contributed by atoms with Gasteiger partial charge in [-0.15, -0.1) is 0 Å². The van der Waals surface area contributed by atoms with Gasteiger partial charge in [-0.05, 0) is 25.2 Å². The fourth-order valence-corrected chi connectivity index (χ4v) is 3.72. The van der Waals surface area contributed by atoms with Crippen molar-refractivity contribution in [3.05, 3.63) is 0 Å². The molecule has 1 aliphatic carbocycles. The van der Waals surface area contributed by atoms with Gasteiger partial charge < -0.3 is 10.2 Å². The second-order valence-corrected chi connectivity index (χ2v) is 8.00. The van der Waals surface area contributed by atoms with Crippen molar-refractivity contribution in [2.24, 2.45) is 11.3 Å². The van der Waals surface area contributed by atoms with Crippen molar-refractivity contribution in [1.82, 2.24) is 10.2 Å². The number of carbonyl (C=O) groups excluding carboxylic acids is 1. The second kappa shape index (κ2) is 6.46. The van der Waals surface area contributed by atoms with E-state index in [4.69, 9.17) is 0 Å². The van der Waals surface area contributed by atoms with Gasteiger partial charge in [0.2, 0.25) is 5.91 Å². The first kappa shape index (κ1) is 15.8. The van der Waals surface area contributed by atoms with Crippen LogP contribution >= 0.6 is 0 Å². The number of rotatable bonds is 2. The van der Waals surface area contributed by atoms with Crippen molar-refractivity contribution in [3.63, 3.8) is 0 Å². The third-order valence-electron chi connectivity index (χ3n) is 4.67. The van der Waals surface area contributed by atoms with Crippen LogP contribution in [0, 0.1) is 11.3 Å². The highest BCUT2D eigenvalue weighted by molar-refractivity contribution is 5.81. The van der Waals surface area contributed by atoms with E-state index < -0.39 is 0 Å². The molecule has 0 radical (unpaired) electrons. The van der Waals surface area contributed by atoms with Crippen LogP contribution in [-0.4, -0.2) is 36.0 Å². The van der Waals surface area contributed by atoms with E-state index in [9.17, 15) is 4.79 Å². The van der Waals surface area contributed by atoms with Crippen LogP contribution in [0.2, 0.25) is 0 Å². The summed E-state index contributed by atoms with van der Waals surface area (Å²) in [6.07, 6.45) is 7.98. The minimum absolute atomic E-state index is 0.257. The highest BCUT2D eigenvalue weighted by Crippen LogP contribution is 2.25. The highest BCUT2D eigenvalue weighted by atomic mass is 16.2. The molecule has 0 bridgehead atoms. The maximum absolute atomic E-state index is 12.5. The van der Waals surface area contributed by atoms with Crippen LogP contribution in [0.5, 0.6) is 0 Å². The van der Waals surface area contributed by atoms with Crippen LogP contribution in [0.25, 0.3) is 0 Å². The van der Waals surface area contributed by atoms with Gasteiger partial charge in [0.15, 0.2) is 0 Å². The Hall–Kier alpha value is -0.570. The number of likely N-dealkylation sites (tertiary alicyclic amines) is 1. The van der Waals surface area contributed by atoms with Crippen LogP contribution in [-0.2, 0) is 4.79 Å². The van der Waals surface area contributed by atoms with Gasteiger partial charge in [0.05, 0.1) is 0 Å². The molecule has 2 atom stereocenters. The Morgan fingerprint density at radius 2 is 1.70 bits per heavy atom. The molecule has 0 aromatic heterocycles. The molecule has 116 valence electrons. The first-order valence-electron chi connectivity index (χ1n) is 8.41. The van der Waals surface area contributed by atoms with Crippen molar-refractivity contribution < 1.29 is 4.79 Å². The van der Waals surface area contributed by atoms with Gasteiger partial charge in [-0.2, -0.15) is 0 Å². The summed E-state index contributed by atoms with van der Waals surface area (Å²) in [6.45, 7) is 10.2. The Kier molecular flexibility index (Phi) is 5.11. The van der Waals surface area contributed by atoms with Crippen molar-refractivity contribution in [2.45, 2.75) is 78.3 Å². The summed E-state index contributed by atoms with van der Waals surface area (Å²) >= 11 is 0. The van der Waals surface area contributed by atoms with Gasteiger partial charge in [0, 0.05) is 30.6 Å². The molecular weight excluding hydrogens is 248 g/mol.